The predicted octanol–water partition coefficient (Wildman–Crippen LogP) is 0.804. The summed E-state index contributed by atoms with van der Waals surface area (Å²) in [5, 5.41) is 8.85. The van der Waals surface area contributed by atoms with Gasteiger partial charge in [0, 0.05) is 13.6 Å². The first-order valence-corrected chi connectivity index (χ1v) is 5.15. The highest BCUT2D eigenvalue weighted by molar-refractivity contribution is 5.81. The second kappa shape index (κ2) is 6.83. The molecule has 0 bridgehead atoms. The highest BCUT2D eigenvalue weighted by Gasteiger charge is 2.24. The van der Waals surface area contributed by atoms with Crippen molar-refractivity contribution >= 4 is 11.9 Å². The highest BCUT2D eigenvalue weighted by atomic mass is 16.5. The maximum absolute atomic E-state index is 11.8. The van der Waals surface area contributed by atoms with Gasteiger partial charge in [-0.3, -0.25) is 9.59 Å². The van der Waals surface area contributed by atoms with Crippen LogP contribution in [0.25, 0.3) is 0 Å². The van der Waals surface area contributed by atoms with Crippen LogP contribution < -0.4 is 0 Å². The molecular weight excluding hydrogens is 208 g/mol. The smallest absolute Gasteiger partial charge is 0.307 e. The molecular formula is C11H18N2O3. The zero-order valence-corrected chi connectivity index (χ0v) is 10.2. The van der Waals surface area contributed by atoms with Gasteiger partial charge >= 0.3 is 5.97 Å². The van der Waals surface area contributed by atoms with E-state index in [4.69, 9.17) is 5.26 Å². The topological polar surface area (TPSA) is 70.4 Å². The van der Waals surface area contributed by atoms with E-state index >= 15 is 0 Å². The lowest BCUT2D eigenvalue weighted by molar-refractivity contribution is -0.141. The molecule has 16 heavy (non-hydrogen) atoms. The molecule has 0 aromatic heterocycles. The molecule has 0 aromatic carbocycles. The number of ether oxygens (including phenoxy) is 1. The van der Waals surface area contributed by atoms with Crippen molar-refractivity contribution in [3.63, 3.8) is 0 Å². The summed E-state index contributed by atoms with van der Waals surface area (Å²) in [5.41, 5.74) is 0. The average Bonchev–Trinajstić information content (AvgIpc) is 2.25. The van der Waals surface area contributed by atoms with Crippen molar-refractivity contribution in [2.24, 2.45) is 11.8 Å². The lowest BCUT2D eigenvalue weighted by atomic mass is 9.96. The average molecular weight is 226 g/mol. The summed E-state index contributed by atoms with van der Waals surface area (Å²) in [5.74, 6) is -1.29. The summed E-state index contributed by atoms with van der Waals surface area (Å²) in [4.78, 5) is 24.0. The molecule has 0 fully saturated rings. The Hall–Kier alpha value is -1.57. The number of carbonyl (C=O) groups is 2. The summed E-state index contributed by atoms with van der Waals surface area (Å²) in [7, 11) is 2.88. The standard InChI is InChI=1S/C11H18N2O3/c1-8(2)9(7-12)11(15)13(3)6-5-10(14)16-4/h8-9H,5-6H2,1-4H3. The number of rotatable bonds is 5. The Morgan fingerprint density at radius 3 is 2.38 bits per heavy atom. The van der Waals surface area contributed by atoms with Crippen LogP contribution in [0.15, 0.2) is 0 Å². The van der Waals surface area contributed by atoms with Gasteiger partial charge in [0.2, 0.25) is 5.91 Å². The molecule has 0 saturated carbocycles. The Morgan fingerprint density at radius 2 is 2.00 bits per heavy atom. The fourth-order valence-corrected chi connectivity index (χ4v) is 1.20. The van der Waals surface area contributed by atoms with E-state index < -0.39 is 5.92 Å². The lowest BCUT2D eigenvalue weighted by Gasteiger charge is -2.21. The molecule has 90 valence electrons. The van der Waals surface area contributed by atoms with Crippen LogP contribution in [-0.4, -0.2) is 37.5 Å². The molecule has 0 aliphatic heterocycles. The Morgan fingerprint density at radius 1 is 1.44 bits per heavy atom. The normalized spacial score (nSPS) is 11.8. The minimum absolute atomic E-state index is 0.0296. The number of methoxy groups -OCH3 is 1. The van der Waals surface area contributed by atoms with Crippen molar-refractivity contribution in [1.29, 1.82) is 5.26 Å². The number of hydrogen-bond acceptors (Lipinski definition) is 4. The van der Waals surface area contributed by atoms with Crippen molar-refractivity contribution in [2.45, 2.75) is 20.3 Å². The Kier molecular flexibility index (Phi) is 6.16. The fourth-order valence-electron chi connectivity index (χ4n) is 1.20. The molecule has 0 rings (SSSR count). The summed E-state index contributed by atoms with van der Waals surface area (Å²) >= 11 is 0. The molecule has 1 amide bonds. The van der Waals surface area contributed by atoms with Crippen LogP contribution in [0, 0.1) is 23.2 Å². The van der Waals surface area contributed by atoms with E-state index in [1.54, 1.807) is 7.05 Å². The van der Waals surface area contributed by atoms with Gasteiger partial charge in [-0.05, 0) is 5.92 Å². The number of nitrogens with zero attached hydrogens (tertiary/aromatic N) is 2. The van der Waals surface area contributed by atoms with Gasteiger partial charge in [0.05, 0.1) is 19.6 Å². The van der Waals surface area contributed by atoms with Crippen molar-refractivity contribution in [3.8, 4) is 6.07 Å². The third-order valence-corrected chi connectivity index (χ3v) is 2.33. The van der Waals surface area contributed by atoms with Gasteiger partial charge in [0.25, 0.3) is 0 Å². The summed E-state index contributed by atoms with van der Waals surface area (Å²) in [6.45, 7) is 3.91. The van der Waals surface area contributed by atoms with Gasteiger partial charge in [-0.25, -0.2) is 0 Å². The number of amides is 1. The highest BCUT2D eigenvalue weighted by Crippen LogP contribution is 2.12. The van der Waals surface area contributed by atoms with E-state index in [0.29, 0.717) is 0 Å². The van der Waals surface area contributed by atoms with Crippen LogP contribution in [0.5, 0.6) is 0 Å². The van der Waals surface area contributed by atoms with Crippen LogP contribution in [0.4, 0.5) is 0 Å². The number of esters is 1. The molecule has 0 radical (unpaired) electrons. The largest absolute Gasteiger partial charge is 0.469 e. The van der Waals surface area contributed by atoms with Crippen molar-refractivity contribution in [1.82, 2.24) is 4.90 Å². The summed E-state index contributed by atoms with van der Waals surface area (Å²) in [6, 6.07) is 1.98. The predicted molar refractivity (Wildman–Crippen MR) is 58.2 cm³/mol. The zero-order chi connectivity index (χ0) is 12.7. The monoisotopic (exact) mass is 226 g/mol. The first-order valence-electron chi connectivity index (χ1n) is 5.15. The van der Waals surface area contributed by atoms with Crippen LogP contribution in [-0.2, 0) is 14.3 Å². The van der Waals surface area contributed by atoms with Gasteiger partial charge in [-0.15, -0.1) is 0 Å². The van der Waals surface area contributed by atoms with Gasteiger partial charge in [0.15, 0.2) is 0 Å². The summed E-state index contributed by atoms with van der Waals surface area (Å²) in [6.07, 6.45) is 0.148. The van der Waals surface area contributed by atoms with E-state index in [2.05, 4.69) is 4.74 Å². The fraction of sp³-hybridized carbons (Fsp3) is 0.727. The number of hydrogen-bond donors (Lipinski definition) is 0. The molecule has 0 aliphatic carbocycles. The Bertz CT molecular complexity index is 294. The van der Waals surface area contributed by atoms with Crippen molar-refractivity contribution in [2.75, 3.05) is 20.7 Å². The van der Waals surface area contributed by atoms with Gasteiger partial charge < -0.3 is 9.64 Å². The summed E-state index contributed by atoms with van der Waals surface area (Å²) < 4.78 is 4.47. The lowest BCUT2D eigenvalue weighted by Crippen LogP contribution is -2.36. The van der Waals surface area contributed by atoms with E-state index in [9.17, 15) is 9.59 Å². The van der Waals surface area contributed by atoms with E-state index in [0.717, 1.165) is 0 Å². The molecule has 0 heterocycles. The third-order valence-electron chi connectivity index (χ3n) is 2.33. The minimum atomic E-state index is -0.650. The van der Waals surface area contributed by atoms with E-state index in [-0.39, 0.29) is 30.8 Å². The van der Waals surface area contributed by atoms with Crippen molar-refractivity contribution < 1.29 is 14.3 Å². The Balaban J connectivity index is 4.28. The number of nitriles is 1. The van der Waals surface area contributed by atoms with E-state index in [1.165, 1.54) is 12.0 Å². The van der Waals surface area contributed by atoms with Gasteiger partial charge in [-0.1, -0.05) is 13.8 Å². The quantitative estimate of drug-likeness (QED) is 0.650. The zero-order valence-electron chi connectivity index (χ0n) is 10.2. The molecule has 0 aliphatic rings. The van der Waals surface area contributed by atoms with Crippen molar-refractivity contribution in [3.05, 3.63) is 0 Å². The third kappa shape index (κ3) is 4.30. The molecule has 5 heteroatoms. The number of carbonyl (C=O) groups excluding carboxylic acids is 2. The van der Waals surface area contributed by atoms with Gasteiger partial charge in [0.1, 0.15) is 5.92 Å². The van der Waals surface area contributed by atoms with Gasteiger partial charge in [-0.2, -0.15) is 5.26 Å². The van der Waals surface area contributed by atoms with Crippen LogP contribution >= 0.6 is 0 Å². The minimum Gasteiger partial charge on any atom is -0.469 e. The van der Waals surface area contributed by atoms with Crippen LogP contribution in [0.3, 0.4) is 0 Å². The molecule has 0 N–H and O–H groups in total. The van der Waals surface area contributed by atoms with E-state index in [1.807, 2.05) is 19.9 Å². The first-order chi connectivity index (χ1) is 7.43. The Labute approximate surface area is 96.0 Å². The molecule has 5 nitrogen and oxygen atoms in total. The molecule has 0 spiro atoms. The SMILES string of the molecule is COC(=O)CCN(C)C(=O)C(C#N)C(C)C. The second-order valence-corrected chi connectivity index (χ2v) is 3.94. The first kappa shape index (κ1) is 14.4. The maximum Gasteiger partial charge on any atom is 0.307 e. The van der Waals surface area contributed by atoms with Crippen LogP contribution in [0.1, 0.15) is 20.3 Å². The molecule has 0 saturated heterocycles. The molecule has 1 atom stereocenters. The molecule has 0 aromatic rings. The molecule has 1 unspecified atom stereocenters. The van der Waals surface area contributed by atoms with Crippen LogP contribution in [0.2, 0.25) is 0 Å². The second-order valence-electron chi connectivity index (χ2n) is 3.94. The maximum atomic E-state index is 11.8.